The van der Waals surface area contributed by atoms with Crippen molar-refractivity contribution in [2.75, 3.05) is 26.2 Å². The molecule has 7 heteroatoms. The Hall–Kier alpha value is -3.42. The summed E-state index contributed by atoms with van der Waals surface area (Å²) < 4.78 is 0. The van der Waals surface area contributed by atoms with E-state index in [2.05, 4.69) is 91.0 Å². The van der Waals surface area contributed by atoms with Gasteiger partial charge in [0, 0.05) is 44.3 Å². The lowest BCUT2D eigenvalue weighted by Gasteiger charge is -2.48. The number of piperazine rings is 1. The number of aliphatic imine (C=N–C) groups is 1. The fourth-order valence-electron chi connectivity index (χ4n) is 6.57. The summed E-state index contributed by atoms with van der Waals surface area (Å²) in [6, 6.07) is 21.7. The maximum absolute atomic E-state index is 13.9. The van der Waals surface area contributed by atoms with Gasteiger partial charge < -0.3 is 22.1 Å². The van der Waals surface area contributed by atoms with Gasteiger partial charge >= 0.3 is 0 Å². The molecule has 3 atom stereocenters. The maximum Gasteiger partial charge on any atom is 0.227 e. The number of guanidine groups is 1. The van der Waals surface area contributed by atoms with Crippen LogP contribution in [0.5, 0.6) is 0 Å². The Kier molecular flexibility index (Phi) is 11.0. The Morgan fingerprint density at radius 3 is 2.33 bits per heavy atom. The van der Waals surface area contributed by atoms with Crippen molar-refractivity contribution in [3.05, 3.63) is 82.9 Å². The van der Waals surface area contributed by atoms with Gasteiger partial charge in [0.15, 0.2) is 5.96 Å². The summed E-state index contributed by atoms with van der Waals surface area (Å²) in [5, 5.41) is 2.36. The fourth-order valence-corrected chi connectivity index (χ4v) is 6.57. The molecule has 1 saturated heterocycles. The summed E-state index contributed by atoms with van der Waals surface area (Å²) >= 11 is 0. The van der Waals surface area contributed by atoms with Gasteiger partial charge in [-0.2, -0.15) is 0 Å². The summed E-state index contributed by atoms with van der Waals surface area (Å²) in [7, 11) is 0. The maximum atomic E-state index is 13.9. The zero-order chi connectivity index (χ0) is 30.2. The van der Waals surface area contributed by atoms with Crippen molar-refractivity contribution in [3.63, 3.8) is 0 Å². The second-order valence-corrected chi connectivity index (χ2v) is 12.7. The number of aryl methyl sites for hydroxylation is 2. The first kappa shape index (κ1) is 31.5. The van der Waals surface area contributed by atoms with E-state index < -0.39 is 0 Å². The van der Waals surface area contributed by atoms with E-state index in [9.17, 15) is 4.79 Å². The quantitative estimate of drug-likeness (QED) is 0.168. The van der Waals surface area contributed by atoms with Crippen LogP contribution in [0.3, 0.4) is 0 Å². The van der Waals surface area contributed by atoms with E-state index in [1.54, 1.807) is 0 Å². The Balaban J connectivity index is 1.52. The van der Waals surface area contributed by atoms with Gasteiger partial charge in [-0.25, -0.2) is 0 Å². The minimum atomic E-state index is 0.00552. The second kappa shape index (κ2) is 14.7. The lowest BCUT2D eigenvalue weighted by molar-refractivity contribution is -0.138. The average molecular weight is 571 g/mol. The van der Waals surface area contributed by atoms with Gasteiger partial charge in [-0.15, -0.1) is 0 Å². The molecule has 0 unspecified atom stereocenters. The molecule has 3 aromatic carbocycles. The minimum absolute atomic E-state index is 0.00552. The highest BCUT2D eigenvalue weighted by Gasteiger charge is 2.36. The Morgan fingerprint density at radius 1 is 0.929 bits per heavy atom. The van der Waals surface area contributed by atoms with Crippen molar-refractivity contribution in [3.8, 4) is 0 Å². The predicted octanol–water partition coefficient (Wildman–Crippen LogP) is 4.55. The van der Waals surface area contributed by atoms with Gasteiger partial charge in [-0.1, -0.05) is 85.6 Å². The third-order valence-electron chi connectivity index (χ3n) is 8.28. The Morgan fingerprint density at radius 2 is 1.64 bits per heavy atom. The van der Waals surface area contributed by atoms with E-state index in [1.165, 1.54) is 27.5 Å². The first-order valence-electron chi connectivity index (χ1n) is 15.5. The van der Waals surface area contributed by atoms with Crippen LogP contribution in [0.4, 0.5) is 0 Å². The Bertz CT molecular complexity index is 1340. The normalized spacial score (nSPS) is 18.4. The first-order valence-corrected chi connectivity index (χ1v) is 15.5. The topological polar surface area (TPSA) is 114 Å². The molecule has 0 radical (unpaired) electrons. The number of benzene rings is 3. The standard InChI is InChI=1S/C35H50N6O/c1-24(2)14-33-22-40(21-31(36)19-28-16-25(3)15-26(4)17-28)32(10-7-13-39-35(37)38)23-41(33)34(42)20-27-11-12-29-8-5-6-9-30(29)18-27/h5-6,8-9,11-12,15-18,24,31-33H,7,10,13-14,19-23,36H2,1-4H3,(H4,37,38,39)/t31-,32+,33-/m1/s1. The molecule has 1 aliphatic heterocycles. The number of hydrogen-bond acceptors (Lipinski definition) is 4. The van der Waals surface area contributed by atoms with E-state index in [4.69, 9.17) is 17.2 Å². The minimum Gasteiger partial charge on any atom is -0.370 e. The molecule has 0 saturated carbocycles. The Labute approximate surface area is 252 Å². The summed E-state index contributed by atoms with van der Waals surface area (Å²) in [6.07, 6.45) is 3.96. The van der Waals surface area contributed by atoms with Crippen LogP contribution in [0.1, 0.15) is 55.4 Å². The van der Waals surface area contributed by atoms with Crippen LogP contribution < -0.4 is 17.2 Å². The molecule has 3 aromatic rings. The summed E-state index contributed by atoms with van der Waals surface area (Å²) in [5.74, 6) is 0.801. The first-order chi connectivity index (χ1) is 20.1. The number of hydrogen-bond donors (Lipinski definition) is 3. The molecule has 1 aliphatic rings. The molecule has 4 rings (SSSR count). The number of carbonyl (C=O) groups is 1. The van der Waals surface area contributed by atoms with Gasteiger partial charge in [-0.05, 0) is 67.3 Å². The van der Waals surface area contributed by atoms with Gasteiger partial charge in [-0.3, -0.25) is 14.7 Å². The van der Waals surface area contributed by atoms with E-state index in [0.717, 1.165) is 44.3 Å². The summed E-state index contributed by atoms with van der Waals surface area (Å²) in [6.45, 7) is 11.7. The van der Waals surface area contributed by atoms with E-state index >= 15 is 0 Å². The van der Waals surface area contributed by atoms with E-state index in [0.29, 0.717) is 25.4 Å². The third-order valence-corrected chi connectivity index (χ3v) is 8.28. The largest absolute Gasteiger partial charge is 0.370 e. The third kappa shape index (κ3) is 9.04. The van der Waals surface area contributed by atoms with Crippen LogP contribution in [0, 0.1) is 19.8 Å². The van der Waals surface area contributed by atoms with Gasteiger partial charge in [0.25, 0.3) is 0 Å². The molecule has 6 N–H and O–H groups in total. The van der Waals surface area contributed by atoms with Crippen molar-refractivity contribution < 1.29 is 4.79 Å². The molecule has 7 nitrogen and oxygen atoms in total. The molecule has 0 aromatic heterocycles. The number of nitrogens with two attached hydrogens (primary N) is 3. The van der Waals surface area contributed by atoms with Crippen molar-refractivity contribution in [1.82, 2.24) is 9.80 Å². The van der Waals surface area contributed by atoms with Gasteiger partial charge in [0.2, 0.25) is 5.91 Å². The lowest BCUT2D eigenvalue weighted by atomic mass is 9.93. The molecular formula is C35H50N6O. The number of nitrogens with zero attached hydrogens (tertiary/aromatic N) is 3. The monoisotopic (exact) mass is 570 g/mol. The second-order valence-electron chi connectivity index (χ2n) is 12.7. The predicted molar refractivity (Wildman–Crippen MR) is 175 cm³/mol. The molecule has 1 amide bonds. The molecule has 0 aliphatic carbocycles. The highest BCUT2D eigenvalue weighted by molar-refractivity contribution is 5.85. The zero-order valence-corrected chi connectivity index (χ0v) is 25.9. The van der Waals surface area contributed by atoms with Crippen molar-refractivity contribution in [2.24, 2.45) is 28.1 Å². The molecule has 226 valence electrons. The van der Waals surface area contributed by atoms with Crippen LogP contribution >= 0.6 is 0 Å². The van der Waals surface area contributed by atoms with Crippen molar-refractivity contribution in [2.45, 2.75) is 77.9 Å². The zero-order valence-electron chi connectivity index (χ0n) is 25.9. The number of amides is 1. The summed E-state index contributed by atoms with van der Waals surface area (Å²) in [4.78, 5) is 22.8. The number of carbonyl (C=O) groups excluding carboxylic acids is 1. The molecule has 1 heterocycles. The molecular weight excluding hydrogens is 520 g/mol. The smallest absolute Gasteiger partial charge is 0.227 e. The highest BCUT2D eigenvalue weighted by atomic mass is 16.2. The van der Waals surface area contributed by atoms with Gasteiger partial charge in [0.05, 0.1) is 6.42 Å². The van der Waals surface area contributed by atoms with E-state index in [-0.39, 0.29) is 30.0 Å². The number of fused-ring (bicyclic) bond motifs is 1. The van der Waals surface area contributed by atoms with Crippen LogP contribution in [0.2, 0.25) is 0 Å². The van der Waals surface area contributed by atoms with Crippen molar-refractivity contribution in [1.29, 1.82) is 0 Å². The van der Waals surface area contributed by atoms with Crippen LogP contribution in [-0.2, 0) is 17.6 Å². The average Bonchev–Trinajstić information content (AvgIpc) is 2.90. The van der Waals surface area contributed by atoms with Crippen molar-refractivity contribution >= 4 is 22.6 Å². The van der Waals surface area contributed by atoms with Crippen LogP contribution in [-0.4, -0.2) is 66.0 Å². The number of rotatable bonds is 12. The molecule has 0 bridgehead atoms. The molecule has 1 fully saturated rings. The van der Waals surface area contributed by atoms with Gasteiger partial charge in [0.1, 0.15) is 0 Å². The fraction of sp³-hybridized carbons (Fsp3) is 0.486. The lowest BCUT2D eigenvalue weighted by Crippen LogP contribution is -2.62. The van der Waals surface area contributed by atoms with Crippen LogP contribution in [0.25, 0.3) is 10.8 Å². The highest BCUT2D eigenvalue weighted by Crippen LogP contribution is 2.26. The van der Waals surface area contributed by atoms with Crippen LogP contribution in [0.15, 0.2) is 65.7 Å². The van der Waals surface area contributed by atoms with E-state index in [1.807, 2.05) is 12.1 Å². The molecule has 42 heavy (non-hydrogen) atoms. The SMILES string of the molecule is Cc1cc(C)cc(C[C@@H](N)CN2C[C@@H](CC(C)C)N(C(=O)Cc3ccc4ccccc4c3)C[C@@H]2CCCN=C(N)N)c1. The summed E-state index contributed by atoms with van der Waals surface area (Å²) in [5.41, 5.74) is 22.8. The molecule has 0 spiro atoms.